The van der Waals surface area contributed by atoms with Crippen molar-refractivity contribution in [3.05, 3.63) is 35.4 Å². The third-order valence-electron chi connectivity index (χ3n) is 3.97. The second kappa shape index (κ2) is 6.05. The van der Waals surface area contributed by atoms with E-state index in [2.05, 4.69) is 5.32 Å². The van der Waals surface area contributed by atoms with E-state index in [-0.39, 0.29) is 12.2 Å². The number of amides is 1. The number of nitrogens with one attached hydrogen (secondary N) is 1. The highest BCUT2D eigenvalue weighted by Crippen LogP contribution is 2.30. The molecule has 1 aliphatic carbocycles. The van der Waals surface area contributed by atoms with E-state index >= 15 is 0 Å². The lowest BCUT2D eigenvalue weighted by molar-refractivity contribution is -0.137. The fourth-order valence-corrected chi connectivity index (χ4v) is 2.67. The number of rotatable bonds is 3. The van der Waals surface area contributed by atoms with Crippen LogP contribution in [-0.2, 0) is 6.18 Å². The summed E-state index contributed by atoms with van der Waals surface area (Å²) in [5.41, 5.74) is -1.26. The van der Waals surface area contributed by atoms with E-state index in [4.69, 9.17) is 0 Å². The highest BCUT2D eigenvalue weighted by Gasteiger charge is 2.34. The van der Waals surface area contributed by atoms with Crippen molar-refractivity contribution in [2.45, 2.75) is 43.8 Å². The van der Waals surface area contributed by atoms with E-state index in [1.807, 2.05) is 0 Å². The lowest BCUT2D eigenvalue weighted by Crippen LogP contribution is -2.52. The lowest BCUT2D eigenvalue weighted by Gasteiger charge is -2.36. The van der Waals surface area contributed by atoms with Crippen LogP contribution in [0.4, 0.5) is 13.2 Å². The molecule has 0 bridgehead atoms. The van der Waals surface area contributed by atoms with Crippen molar-refractivity contribution in [2.75, 3.05) is 6.61 Å². The first-order chi connectivity index (χ1) is 9.86. The predicted octanol–water partition coefficient (Wildman–Crippen LogP) is 3.13. The number of aliphatic hydroxyl groups excluding tert-OH is 1. The van der Waals surface area contributed by atoms with Gasteiger partial charge in [-0.15, -0.1) is 0 Å². The topological polar surface area (TPSA) is 49.3 Å². The van der Waals surface area contributed by atoms with Crippen LogP contribution in [0.25, 0.3) is 0 Å². The Bertz CT molecular complexity index is 491. The summed E-state index contributed by atoms with van der Waals surface area (Å²) in [6.07, 6.45) is -0.115. The van der Waals surface area contributed by atoms with Gasteiger partial charge in [-0.2, -0.15) is 13.2 Å². The molecule has 0 unspecified atom stereocenters. The first kappa shape index (κ1) is 15.8. The average Bonchev–Trinajstić information content (AvgIpc) is 2.47. The molecule has 0 atom stereocenters. The Morgan fingerprint density at radius 1 is 1.14 bits per heavy atom. The van der Waals surface area contributed by atoms with Gasteiger partial charge in [0.05, 0.1) is 17.7 Å². The first-order valence-corrected chi connectivity index (χ1v) is 6.97. The number of benzene rings is 1. The van der Waals surface area contributed by atoms with Crippen molar-refractivity contribution in [3.63, 3.8) is 0 Å². The van der Waals surface area contributed by atoms with E-state index in [9.17, 15) is 23.1 Å². The normalized spacial score (nSPS) is 18.3. The maximum absolute atomic E-state index is 12.5. The molecule has 0 radical (unpaired) electrons. The van der Waals surface area contributed by atoms with Crippen LogP contribution in [0.15, 0.2) is 24.3 Å². The predicted molar refractivity (Wildman–Crippen MR) is 71.8 cm³/mol. The standard InChI is InChI=1S/C15H18F3NO2/c16-15(17,18)12-6-4-11(5-7-12)13(21)19-14(10-20)8-2-1-3-9-14/h4-7,20H,1-3,8-10H2,(H,19,21). The molecular weight excluding hydrogens is 283 g/mol. The summed E-state index contributed by atoms with van der Waals surface area (Å²) in [5, 5.41) is 12.3. The fraction of sp³-hybridized carbons (Fsp3) is 0.533. The van der Waals surface area contributed by atoms with Crippen LogP contribution in [0.1, 0.15) is 48.0 Å². The number of aliphatic hydroxyl groups is 1. The fourth-order valence-electron chi connectivity index (χ4n) is 2.67. The Morgan fingerprint density at radius 2 is 1.71 bits per heavy atom. The van der Waals surface area contributed by atoms with E-state index in [0.717, 1.165) is 43.5 Å². The molecule has 1 aromatic carbocycles. The molecule has 21 heavy (non-hydrogen) atoms. The number of halogens is 3. The van der Waals surface area contributed by atoms with Gasteiger partial charge in [0.25, 0.3) is 5.91 Å². The summed E-state index contributed by atoms with van der Waals surface area (Å²) >= 11 is 0. The quantitative estimate of drug-likeness (QED) is 0.901. The maximum atomic E-state index is 12.5. The third kappa shape index (κ3) is 3.75. The molecule has 2 N–H and O–H groups in total. The van der Waals surface area contributed by atoms with Gasteiger partial charge in [-0.1, -0.05) is 19.3 Å². The minimum absolute atomic E-state index is 0.153. The number of carbonyl (C=O) groups is 1. The number of alkyl halides is 3. The van der Waals surface area contributed by atoms with Gasteiger partial charge < -0.3 is 10.4 Å². The number of hydrogen-bond acceptors (Lipinski definition) is 2. The molecule has 116 valence electrons. The van der Waals surface area contributed by atoms with Crippen molar-refractivity contribution in [2.24, 2.45) is 0 Å². The molecule has 0 heterocycles. The largest absolute Gasteiger partial charge is 0.416 e. The molecule has 1 aliphatic rings. The SMILES string of the molecule is O=C(NC1(CO)CCCCC1)c1ccc(C(F)(F)F)cc1. The highest BCUT2D eigenvalue weighted by atomic mass is 19.4. The molecule has 0 aromatic heterocycles. The third-order valence-corrected chi connectivity index (χ3v) is 3.97. The Hall–Kier alpha value is -1.56. The number of carbonyl (C=O) groups excluding carboxylic acids is 1. The lowest BCUT2D eigenvalue weighted by atomic mass is 9.82. The molecule has 2 rings (SSSR count). The Labute approximate surface area is 121 Å². The van der Waals surface area contributed by atoms with Crippen LogP contribution in [0.2, 0.25) is 0 Å². The summed E-state index contributed by atoms with van der Waals surface area (Å²) in [5.74, 6) is -0.445. The summed E-state index contributed by atoms with van der Waals surface area (Å²) in [7, 11) is 0. The van der Waals surface area contributed by atoms with Crippen LogP contribution >= 0.6 is 0 Å². The zero-order chi connectivity index (χ0) is 15.5. The van der Waals surface area contributed by atoms with E-state index in [1.54, 1.807) is 0 Å². The second-order valence-electron chi connectivity index (χ2n) is 5.53. The van der Waals surface area contributed by atoms with Crippen LogP contribution in [-0.4, -0.2) is 23.2 Å². The highest BCUT2D eigenvalue weighted by molar-refractivity contribution is 5.94. The monoisotopic (exact) mass is 301 g/mol. The van der Waals surface area contributed by atoms with Crippen molar-refractivity contribution in [3.8, 4) is 0 Å². The van der Waals surface area contributed by atoms with Gasteiger partial charge in [-0.05, 0) is 37.1 Å². The Balaban J connectivity index is 2.09. The maximum Gasteiger partial charge on any atom is 0.416 e. The molecule has 1 aromatic rings. The average molecular weight is 301 g/mol. The first-order valence-electron chi connectivity index (χ1n) is 6.97. The summed E-state index contributed by atoms with van der Waals surface area (Å²) in [4.78, 5) is 12.1. The summed E-state index contributed by atoms with van der Waals surface area (Å²) in [6, 6.07) is 4.10. The zero-order valence-electron chi connectivity index (χ0n) is 11.5. The van der Waals surface area contributed by atoms with Gasteiger partial charge >= 0.3 is 6.18 Å². The summed E-state index contributed by atoms with van der Waals surface area (Å²) < 4.78 is 37.4. The van der Waals surface area contributed by atoms with Crippen molar-refractivity contribution in [1.82, 2.24) is 5.32 Å². The molecule has 1 fully saturated rings. The zero-order valence-corrected chi connectivity index (χ0v) is 11.5. The van der Waals surface area contributed by atoms with Crippen LogP contribution in [0.5, 0.6) is 0 Å². The minimum atomic E-state index is -4.41. The molecule has 0 spiro atoms. The van der Waals surface area contributed by atoms with Gasteiger partial charge in [0.1, 0.15) is 0 Å². The van der Waals surface area contributed by atoms with Crippen LogP contribution in [0.3, 0.4) is 0 Å². The van der Waals surface area contributed by atoms with Gasteiger partial charge in [0, 0.05) is 5.56 Å². The molecule has 1 saturated carbocycles. The Morgan fingerprint density at radius 3 is 2.19 bits per heavy atom. The Kier molecular flexibility index (Phi) is 4.56. The van der Waals surface area contributed by atoms with Crippen LogP contribution < -0.4 is 5.32 Å². The number of hydrogen-bond donors (Lipinski definition) is 2. The van der Waals surface area contributed by atoms with Gasteiger partial charge in [0.2, 0.25) is 0 Å². The molecular formula is C15H18F3NO2. The molecule has 1 amide bonds. The van der Waals surface area contributed by atoms with Gasteiger partial charge in [0.15, 0.2) is 0 Å². The second-order valence-corrected chi connectivity index (χ2v) is 5.53. The molecule has 0 saturated heterocycles. The molecule has 3 nitrogen and oxygen atoms in total. The molecule has 6 heteroatoms. The smallest absolute Gasteiger partial charge is 0.394 e. The molecule has 0 aliphatic heterocycles. The van der Waals surface area contributed by atoms with Crippen molar-refractivity contribution < 1.29 is 23.1 Å². The van der Waals surface area contributed by atoms with Gasteiger partial charge in [-0.3, -0.25) is 4.79 Å². The van der Waals surface area contributed by atoms with E-state index in [0.29, 0.717) is 12.8 Å². The van der Waals surface area contributed by atoms with Gasteiger partial charge in [-0.25, -0.2) is 0 Å². The van der Waals surface area contributed by atoms with Crippen LogP contribution in [0, 0.1) is 0 Å². The minimum Gasteiger partial charge on any atom is -0.394 e. The van der Waals surface area contributed by atoms with E-state index < -0.39 is 23.2 Å². The van der Waals surface area contributed by atoms with E-state index in [1.165, 1.54) is 0 Å². The van der Waals surface area contributed by atoms with Crippen molar-refractivity contribution >= 4 is 5.91 Å². The van der Waals surface area contributed by atoms with Crippen molar-refractivity contribution in [1.29, 1.82) is 0 Å². The summed E-state index contributed by atoms with van der Waals surface area (Å²) in [6.45, 7) is -0.153.